The van der Waals surface area contributed by atoms with E-state index < -0.39 is 35.6 Å². The van der Waals surface area contributed by atoms with Gasteiger partial charge >= 0.3 is 6.18 Å². The summed E-state index contributed by atoms with van der Waals surface area (Å²) in [7, 11) is 1.42. The number of amides is 1. The zero-order valence-electron chi connectivity index (χ0n) is 13.3. The van der Waals surface area contributed by atoms with Crippen molar-refractivity contribution in [2.24, 2.45) is 0 Å². The predicted octanol–water partition coefficient (Wildman–Crippen LogP) is 2.06. The van der Waals surface area contributed by atoms with Crippen LogP contribution in [0, 0.1) is 0 Å². The van der Waals surface area contributed by atoms with Crippen LogP contribution in [-0.2, 0) is 10.4 Å². The topological polar surface area (TPSA) is 100 Å². The highest BCUT2D eigenvalue weighted by molar-refractivity contribution is 5.94. The molecule has 7 nitrogen and oxygen atoms in total. The van der Waals surface area contributed by atoms with E-state index in [-0.39, 0.29) is 11.5 Å². The fraction of sp³-hybridized carbons (Fsp3) is 0.400. The third-order valence-electron chi connectivity index (χ3n) is 4.18. The zero-order chi connectivity index (χ0) is 18.4. The van der Waals surface area contributed by atoms with E-state index in [2.05, 4.69) is 20.5 Å². The quantitative estimate of drug-likeness (QED) is 0.782. The molecule has 0 aromatic carbocycles. The summed E-state index contributed by atoms with van der Waals surface area (Å²) >= 11 is 0. The molecule has 0 saturated heterocycles. The molecule has 1 aliphatic rings. The number of carbonyl (C=O) groups is 1. The number of hydrogen-bond acceptors (Lipinski definition) is 5. The first-order valence-corrected chi connectivity index (χ1v) is 7.36. The Hall–Kier alpha value is -2.62. The van der Waals surface area contributed by atoms with Gasteiger partial charge in [-0.25, -0.2) is 4.98 Å². The smallest absolute Gasteiger partial charge is 0.422 e. The number of halogens is 3. The van der Waals surface area contributed by atoms with Crippen LogP contribution in [0.3, 0.4) is 0 Å². The van der Waals surface area contributed by atoms with Crippen LogP contribution in [0.4, 0.5) is 19.0 Å². The van der Waals surface area contributed by atoms with E-state index in [1.165, 1.54) is 7.11 Å². The van der Waals surface area contributed by atoms with Gasteiger partial charge in [-0.2, -0.15) is 18.3 Å². The van der Waals surface area contributed by atoms with Gasteiger partial charge < -0.3 is 15.2 Å². The SMILES string of the molecule is COc1cccc(C(C)c2[nH]nc3c2C(O)(C(F)(F)F)CC(=O)N3)n1. The van der Waals surface area contributed by atoms with Gasteiger partial charge in [-0.15, -0.1) is 0 Å². The van der Waals surface area contributed by atoms with Gasteiger partial charge in [0, 0.05) is 12.0 Å². The fourth-order valence-electron chi connectivity index (χ4n) is 2.85. The first kappa shape index (κ1) is 17.2. The van der Waals surface area contributed by atoms with Gasteiger partial charge in [-0.3, -0.25) is 9.89 Å². The van der Waals surface area contributed by atoms with Crippen molar-refractivity contribution in [3.8, 4) is 5.88 Å². The summed E-state index contributed by atoms with van der Waals surface area (Å²) in [6, 6.07) is 4.87. The van der Waals surface area contributed by atoms with Crippen LogP contribution < -0.4 is 10.1 Å². The lowest BCUT2D eigenvalue weighted by Crippen LogP contribution is -2.48. The molecule has 1 amide bonds. The Labute approximate surface area is 140 Å². The maximum absolute atomic E-state index is 13.5. The van der Waals surface area contributed by atoms with Crippen LogP contribution in [0.15, 0.2) is 18.2 Å². The summed E-state index contributed by atoms with van der Waals surface area (Å²) in [5.74, 6) is -1.65. The van der Waals surface area contributed by atoms with Gasteiger partial charge in [-0.05, 0) is 6.07 Å². The first-order chi connectivity index (χ1) is 11.7. The van der Waals surface area contributed by atoms with Crippen molar-refractivity contribution >= 4 is 11.7 Å². The second-order valence-electron chi connectivity index (χ2n) is 5.77. The normalized spacial score (nSPS) is 21.4. The van der Waals surface area contributed by atoms with Crippen LogP contribution in [-0.4, -0.2) is 39.5 Å². The third kappa shape index (κ3) is 2.72. The highest BCUT2D eigenvalue weighted by Crippen LogP contribution is 2.49. The number of carbonyl (C=O) groups excluding carboxylic acids is 1. The van der Waals surface area contributed by atoms with Crippen LogP contribution in [0.2, 0.25) is 0 Å². The molecule has 0 spiro atoms. The fourth-order valence-corrected chi connectivity index (χ4v) is 2.85. The molecule has 2 atom stereocenters. The van der Waals surface area contributed by atoms with Crippen molar-refractivity contribution in [3.63, 3.8) is 0 Å². The molecule has 0 saturated carbocycles. The minimum Gasteiger partial charge on any atom is -0.481 e. The van der Waals surface area contributed by atoms with E-state index in [0.29, 0.717) is 11.6 Å². The first-order valence-electron chi connectivity index (χ1n) is 7.36. The van der Waals surface area contributed by atoms with Crippen LogP contribution in [0.25, 0.3) is 0 Å². The van der Waals surface area contributed by atoms with E-state index in [1.807, 2.05) is 0 Å². The Morgan fingerprint density at radius 3 is 2.76 bits per heavy atom. The average molecular weight is 356 g/mol. The Kier molecular flexibility index (Phi) is 3.94. The second kappa shape index (κ2) is 5.73. The number of rotatable bonds is 3. The number of ether oxygens (including phenoxy) is 1. The number of aliphatic hydroxyl groups is 1. The van der Waals surface area contributed by atoms with Crippen molar-refractivity contribution in [1.29, 1.82) is 0 Å². The number of H-pyrrole nitrogens is 1. The van der Waals surface area contributed by atoms with Crippen molar-refractivity contribution in [1.82, 2.24) is 15.2 Å². The Morgan fingerprint density at radius 2 is 2.12 bits per heavy atom. The Bertz CT molecular complexity index is 821. The molecular formula is C15H15F3N4O3. The predicted molar refractivity (Wildman–Crippen MR) is 80.1 cm³/mol. The summed E-state index contributed by atoms with van der Waals surface area (Å²) in [6.45, 7) is 1.61. The number of pyridine rings is 1. The lowest BCUT2D eigenvalue weighted by atomic mass is 9.83. The number of methoxy groups -OCH3 is 1. The van der Waals surface area contributed by atoms with Gasteiger partial charge in [0.2, 0.25) is 11.8 Å². The van der Waals surface area contributed by atoms with Crippen LogP contribution >= 0.6 is 0 Å². The van der Waals surface area contributed by atoms with E-state index in [4.69, 9.17) is 4.74 Å². The molecular weight excluding hydrogens is 341 g/mol. The molecule has 3 rings (SSSR count). The third-order valence-corrected chi connectivity index (χ3v) is 4.18. The Balaban J connectivity index is 2.13. The van der Waals surface area contributed by atoms with Crippen LogP contribution in [0.5, 0.6) is 5.88 Å². The number of nitrogens with one attached hydrogen (secondary N) is 2. The molecule has 0 bridgehead atoms. The van der Waals surface area contributed by atoms with E-state index >= 15 is 0 Å². The molecule has 0 aliphatic carbocycles. The van der Waals surface area contributed by atoms with Gasteiger partial charge in [0.25, 0.3) is 0 Å². The number of nitrogens with zero attached hydrogens (tertiary/aromatic N) is 2. The van der Waals surface area contributed by atoms with Gasteiger partial charge in [0.05, 0.1) is 30.5 Å². The number of alkyl halides is 3. The summed E-state index contributed by atoms with van der Waals surface area (Å²) in [5, 5.41) is 18.8. The lowest BCUT2D eigenvalue weighted by molar-refractivity contribution is -0.267. The van der Waals surface area contributed by atoms with Crippen molar-refractivity contribution in [2.75, 3.05) is 12.4 Å². The van der Waals surface area contributed by atoms with Gasteiger partial charge in [0.1, 0.15) is 0 Å². The zero-order valence-corrected chi connectivity index (χ0v) is 13.3. The molecule has 10 heteroatoms. The maximum Gasteiger partial charge on any atom is 0.422 e. The molecule has 2 unspecified atom stereocenters. The minimum atomic E-state index is -5.04. The van der Waals surface area contributed by atoms with Crippen molar-refractivity contribution < 1.29 is 27.8 Å². The number of anilines is 1. The minimum absolute atomic E-state index is 0.0237. The molecule has 2 aromatic rings. The molecule has 25 heavy (non-hydrogen) atoms. The molecule has 2 aromatic heterocycles. The van der Waals surface area contributed by atoms with Gasteiger partial charge in [0.15, 0.2) is 11.4 Å². The lowest BCUT2D eigenvalue weighted by Gasteiger charge is -2.34. The molecule has 1 aliphatic heterocycles. The van der Waals surface area contributed by atoms with E-state index in [1.54, 1.807) is 25.1 Å². The van der Waals surface area contributed by atoms with Crippen molar-refractivity contribution in [3.05, 3.63) is 35.2 Å². The molecule has 0 radical (unpaired) electrons. The largest absolute Gasteiger partial charge is 0.481 e. The molecule has 3 heterocycles. The standard InChI is InChI=1S/C15H15F3N4O3/c1-7(8-4-3-5-10(19-8)25-2)12-11-13(22-21-12)20-9(23)6-14(11,24)15(16,17)18/h3-5,7,24H,6H2,1-2H3,(H2,20,21,22,23). The summed E-state index contributed by atoms with van der Waals surface area (Å²) in [5.41, 5.74) is -3.36. The summed E-state index contributed by atoms with van der Waals surface area (Å²) < 4.78 is 45.6. The number of fused-ring (bicyclic) bond motifs is 1. The highest BCUT2D eigenvalue weighted by Gasteiger charge is 2.61. The summed E-state index contributed by atoms with van der Waals surface area (Å²) in [4.78, 5) is 15.8. The number of aromatic nitrogens is 3. The number of hydrogen-bond donors (Lipinski definition) is 3. The van der Waals surface area contributed by atoms with Crippen LogP contribution in [0.1, 0.15) is 36.2 Å². The number of aromatic amines is 1. The van der Waals surface area contributed by atoms with E-state index in [0.717, 1.165) is 0 Å². The average Bonchev–Trinajstić information content (AvgIpc) is 2.97. The van der Waals surface area contributed by atoms with Crippen molar-refractivity contribution in [2.45, 2.75) is 31.0 Å². The molecule has 3 N–H and O–H groups in total. The molecule has 134 valence electrons. The summed E-state index contributed by atoms with van der Waals surface area (Å²) in [6.07, 6.45) is -6.17. The molecule has 0 fully saturated rings. The van der Waals surface area contributed by atoms with Gasteiger partial charge in [-0.1, -0.05) is 13.0 Å². The monoisotopic (exact) mass is 356 g/mol. The highest BCUT2D eigenvalue weighted by atomic mass is 19.4. The maximum atomic E-state index is 13.5. The second-order valence-corrected chi connectivity index (χ2v) is 5.77. The Morgan fingerprint density at radius 1 is 1.40 bits per heavy atom. The van der Waals surface area contributed by atoms with E-state index in [9.17, 15) is 23.1 Å².